The SMILES string of the molecule is O=C1CC(c2ccccc2)CCCO1. The molecule has 1 atom stereocenters. The van der Waals surface area contributed by atoms with E-state index in [4.69, 9.17) is 4.74 Å². The first kappa shape index (κ1) is 9.25. The van der Waals surface area contributed by atoms with Crippen molar-refractivity contribution < 1.29 is 9.53 Å². The summed E-state index contributed by atoms with van der Waals surface area (Å²) in [5.41, 5.74) is 1.26. The van der Waals surface area contributed by atoms with E-state index in [1.54, 1.807) is 0 Å². The van der Waals surface area contributed by atoms with E-state index in [9.17, 15) is 4.79 Å². The molecule has 0 N–H and O–H groups in total. The highest BCUT2D eigenvalue weighted by molar-refractivity contribution is 5.70. The van der Waals surface area contributed by atoms with Gasteiger partial charge < -0.3 is 4.74 Å². The quantitative estimate of drug-likeness (QED) is 0.636. The van der Waals surface area contributed by atoms with Crippen LogP contribution in [0.15, 0.2) is 30.3 Å². The Morgan fingerprint density at radius 3 is 2.79 bits per heavy atom. The van der Waals surface area contributed by atoms with Gasteiger partial charge in [-0.25, -0.2) is 0 Å². The Bertz CT molecular complexity index is 305. The molecule has 1 fully saturated rings. The fourth-order valence-electron chi connectivity index (χ4n) is 1.89. The normalized spacial score (nSPS) is 22.6. The van der Waals surface area contributed by atoms with E-state index < -0.39 is 0 Å². The van der Waals surface area contributed by atoms with Crippen LogP contribution in [0.3, 0.4) is 0 Å². The van der Waals surface area contributed by atoms with Crippen molar-refractivity contribution in [2.24, 2.45) is 0 Å². The zero-order chi connectivity index (χ0) is 9.80. The van der Waals surface area contributed by atoms with Crippen molar-refractivity contribution in [1.82, 2.24) is 0 Å². The zero-order valence-electron chi connectivity index (χ0n) is 8.11. The number of carbonyl (C=O) groups excluding carboxylic acids is 1. The topological polar surface area (TPSA) is 26.3 Å². The average molecular weight is 190 g/mol. The Hall–Kier alpha value is -1.31. The minimum absolute atomic E-state index is 0.0589. The Kier molecular flexibility index (Phi) is 2.82. The summed E-state index contributed by atoms with van der Waals surface area (Å²) in [6, 6.07) is 10.2. The van der Waals surface area contributed by atoms with Gasteiger partial charge in [0.05, 0.1) is 13.0 Å². The predicted octanol–water partition coefficient (Wildman–Crippen LogP) is 2.50. The van der Waals surface area contributed by atoms with E-state index >= 15 is 0 Å². The molecule has 1 aliphatic heterocycles. The molecule has 1 heterocycles. The number of ether oxygens (including phenoxy) is 1. The monoisotopic (exact) mass is 190 g/mol. The summed E-state index contributed by atoms with van der Waals surface area (Å²) in [5, 5.41) is 0. The van der Waals surface area contributed by atoms with Gasteiger partial charge in [0.1, 0.15) is 0 Å². The van der Waals surface area contributed by atoms with Gasteiger partial charge in [-0.3, -0.25) is 4.79 Å². The van der Waals surface area contributed by atoms with Crippen LogP contribution < -0.4 is 0 Å². The molecule has 0 aromatic heterocycles. The number of rotatable bonds is 1. The number of hydrogen-bond donors (Lipinski definition) is 0. The largest absolute Gasteiger partial charge is 0.466 e. The molecule has 1 saturated heterocycles. The third-order valence-electron chi connectivity index (χ3n) is 2.64. The summed E-state index contributed by atoms with van der Waals surface area (Å²) >= 11 is 0. The van der Waals surface area contributed by atoms with E-state index in [-0.39, 0.29) is 5.97 Å². The van der Waals surface area contributed by atoms with E-state index in [2.05, 4.69) is 12.1 Å². The molecule has 0 bridgehead atoms. The summed E-state index contributed by atoms with van der Waals surface area (Å²) in [6.07, 6.45) is 2.56. The standard InChI is InChI=1S/C12H14O2/c13-12-9-11(7-4-8-14-12)10-5-2-1-3-6-10/h1-3,5-6,11H,4,7-9H2. The number of hydrogen-bond acceptors (Lipinski definition) is 2. The maximum Gasteiger partial charge on any atom is 0.306 e. The molecule has 0 radical (unpaired) electrons. The Labute approximate surface area is 83.9 Å². The molecule has 0 spiro atoms. The first-order valence-corrected chi connectivity index (χ1v) is 5.07. The van der Waals surface area contributed by atoms with Crippen LogP contribution in [0, 0.1) is 0 Å². The summed E-state index contributed by atoms with van der Waals surface area (Å²) in [7, 11) is 0. The lowest BCUT2D eigenvalue weighted by Gasteiger charge is -2.11. The molecular formula is C12H14O2. The molecule has 1 aromatic carbocycles. The van der Waals surface area contributed by atoms with Crippen LogP contribution in [0.2, 0.25) is 0 Å². The fraction of sp³-hybridized carbons (Fsp3) is 0.417. The van der Waals surface area contributed by atoms with Crippen molar-refractivity contribution >= 4 is 5.97 Å². The predicted molar refractivity (Wildman–Crippen MR) is 54.0 cm³/mol. The van der Waals surface area contributed by atoms with Gasteiger partial charge in [0, 0.05) is 0 Å². The van der Waals surface area contributed by atoms with Crippen LogP contribution in [0.1, 0.15) is 30.7 Å². The first-order chi connectivity index (χ1) is 6.86. The van der Waals surface area contributed by atoms with Gasteiger partial charge in [0.25, 0.3) is 0 Å². The van der Waals surface area contributed by atoms with Crippen molar-refractivity contribution in [1.29, 1.82) is 0 Å². The van der Waals surface area contributed by atoms with Gasteiger partial charge >= 0.3 is 5.97 Å². The van der Waals surface area contributed by atoms with Gasteiger partial charge in [-0.05, 0) is 24.3 Å². The number of carbonyl (C=O) groups is 1. The molecule has 0 saturated carbocycles. The molecule has 2 rings (SSSR count). The Balaban J connectivity index is 2.13. The number of esters is 1. The second-order valence-electron chi connectivity index (χ2n) is 3.67. The summed E-state index contributed by atoms with van der Waals surface area (Å²) in [6.45, 7) is 0.585. The van der Waals surface area contributed by atoms with E-state index in [0.717, 1.165) is 12.8 Å². The van der Waals surface area contributed by atoms with Crippen molar-refractivity contribution in [2.45, 2.75) is 25.2 Å². The highest BCUT2D eigenvalue weighted by atomic mass is 16.5. The number of benzene rings is 1. The van der Waals surface area contributed by atoms with E-state index in [1.807, 2.05) is 18.2 Å². The van der Waals surface area contributed by atoms with Crippen LogP contribution in [0.25, 0.3) is 0 Å². The van der Waals surface area contributed by atoms with Gasteiger partial charge in [-0.15, -0.1) is 0 Å². The summed E-state index contributed by atoms with van der Waals surface area (Å²) in [5.74, 6) is 0.294. The highest BCUT2D eigenvalue weighted by Crippen LogP contribution is 2.27. The third kappa shape index (κ3) is 2.13. The van der Waals surface area contributed by atoms with Crippen LogP contribution in [0.4, 0.5) is 0 Å². The van der Waals surface area contributed by atoms with Crippen LogP contribution >= 0.6 is 0 Å². The molecule has 2 nitrogen and oxygen atoms in total. The lowest BCUT2D eigenvalue weighted by atomic mass is 9.92. The number of cyclic esters (lactones) is 1. The van der Waals surface area contributed by atoms with E-state index in [1.165, 1.54) is 5.56 Å². The van der Waals surface area contributed by atoms with E-state index in [0.29, 0.717) is 18.9 Å². The third-order valence-corrected chi connectivity index (χ3v) is 2.64. The fourth-order valence-corrected chi connectivity index (χ4v) is 1.89. The van der Waals surface area contributed by atoms with Gasteiger partial charge in [-0.1, -0.05) is 30.3 Å². The summed E-state index contributed by atoms with van der Waals surface area (Å²) < 4.78 is 5.02. The molecular weight excluding hydrogens is 176 g/mol. The highest BCUT2D eigenvalue weighted by Gasteiger charge is 2.19. The molecule has 1 aromatic rings. The molecule has 0 aliphatic carbocycles. The van der Waals surface area contributed by atoms with Crippen molar-refractivity contribution in [3.63, 3.8) is 0 Å². The maximum absolute atomic E-state index is 11.2. The molecule has 2 heteroatoms. The second kappa shape index (κ2) is 4.27. The molecule has 1 aliphatic rings. The lowest BCUT2D eigenvalue weighted by molar-refractivity contribution is -0.142. The average Bonchev–Trinajstić information content (AvgIpc) is 2.44. The molecule has 0 amide bonds. The zero-order valence-corrected chi connectivity index (χ0v) is 8.11. The van der Waals surface area contributed by atoms with Gasteiger partial charge in [-0.2, -0.15) is 0 Å². The Morgan fingerprint density at radius 2 is 2.00 bits per heavy atom. The molecule has 1 unspecified atom stereocenters. The minimum Gasteiger partial charge on any atom is -0.466 e. The van der Waals surface area contributed by atoms with Crippen LogP contribution in [0.5, 0.6) is 0 Å². The molecule has 14 heavy (non-hydrogen) atoms. The van der Waals surface area contributed by atoms with Gasteiger partial charge in [0.2, 0.25) is 0 Å². The molecule has 74 valence electrons. The van der Waals surface area contributed by atoms with Crippen molar-refractivity contribution in [3.05, 3.63) is 35.9 Å². The first-order valence-electron chi connectivity index (χ1n) is 5.07. The Morgan fingerprint density at radius 1 is 1.21 bits per heavy atom. The van der Waals surface area contributed by atoms with Crippen molar-refractivity contribution in [3.8, 4) is 0 Å². The van der Waals surface area contributed by atoms with Gasteiger partial charge in [0.15, 0.2) is 0 Å². The smallest absolute Gasteiger partial charge is 0.306 e. The van der Waals surface area contributed by atoms with Crippen LogP contribution in [-0.2, 0) is 9.53 Å². The summed E-state index contributed by atoms with van der Waals surface area (Å²) in [4.78, 5) is 11.2. The lowest BCUT2D eigenvalue weighted by Crippen LogP contribution is -2.05. The minimum atomic E-state index is -0.0589. The van der Waals surface area contributed by atoms with Crippen molar-refractivity contribution in [2.75, 3.05) is 6.61 Å². The second-order valence-corrected chi connectivity index (χ2v) is 3.67. The maximum atomic E-state index is 11.2. The van der Waals surface area contributed by atoms with Crippen LogP contribution in [-0.4, -0.2) is 12.6 Å².